The number of anilines is 5. The van der Waals surface area contributed by atoms with Crippen LogP contribution in [0, 0.1) is 24.7 Å². The van der Waals surface area contributed by atoms with Gasteiger partial charge in [0.25, 0.3) is 0 Å². The number of amides is 1. The van der Waals surface area contributed by atoms with E-state index in [9.17, 15) is 4.79 Å². The molecule has 1 unspecified atom stereocenters. The van der Waals surface area contributed by atoms with Crippen molar-refractivity contribution in [3.8, 4) is 22.5 Å². The fraction of sp³-hybridized carbons (Fsp3) is 0.466. The number of hydrogen-bond acceptors (Lipinski definition) is 18. The molecule has 2 aliphatic carbocycles. The molecule has 1 amide bonds. The molecule has 0 radical (unpaired) electrons. The number of piperidine rings is 2. The summed E-state index contributed by atoms with van der Waals surface area (Å²) in [6, 6.07) is 25.7. The fourth-order valence-electron chi connectivity index (χ4n) is 16.5. The van der Waals surface area contributed by atoms with Crippen molar-refractivity contribution in [1.29, 1.82) is 0 Å². The van der Waals surface area contributed by atoms with Crippen molar-refractivity contribution in [1.82, 2.24) is 64.6 Å². The lowest BCUT2D eigenvalue weighted by atomic mass is 9.72. The van der Waals surface area contributed by atoms with Crippen molar-refractivity contribution in [3.05, 3.63) is 154 Å². The average Bonchev–Trinajstić information content (AvgIpc) is 1.56. The lowest BCUT2D eigenvalue weighted by Crippen LogP contribution is -2.48. The van der Waals surface area contributed by atoms with E-state index in [0.29, 0.717) is 13.2 Å². The Morgan fingerprint density at radius 2 is 1.23 bits per heavy atom. The van der Waals surface area contributed by atoms with Gasteiger partial charge >= 0.3 is 6.09 Å². The van der Waals surface area contributed by atoms with Gasteiger partial charge in [0.1, 0.15) is 17.1 Å². The van der Waals surface area contributed by atoms with E-state index in [-0.39, 0.29) is 47.6 Å². The Kier molecular flexibility index (Phi) is 16.4. The van der Waals surface area contributed by atoms with Crippen molar-refractivity contribution >= 4 is 64.3 Å². The van der Waals surface area contributed by atoms with Crippen LogP contribution in [0.5, 0.6) is 0 Å². The number of fused-ring (bicyclic) bond motifs is 6. The Morgan fingerprint density at radius 3 is 1.84 bits per heavy atom. The zero-order valence-corrected chi connectivity index (χ0v) is 56.9. The topological polar surface area (TPSA) is 230 Å². The Labute approximate surface area is 566 Å². The summed E-state index contributed by atoms with van der Waals surface area (Å²) in [4.78, 5) is 58.6. The predicted molar refractivity (Wildman–Crippen MR) is 374 cm³/mol. The maximum Gasteiger partial charge on any atom is 0.408 e. The van der Waals surface area contributed by atoms with Crippen LogP contribution in [0.4, 0.5) is 33.6 Å². The van der Waals surface area contributed by atoms with Gasteiger partial charge in [-0.2, -0.15) is 10.2 Å². The normalized spacial score (nSPS) is 20.6. The van der Waals surface area contributed by atoms with E-state index >= 15 is 0 Å². The molecule has 22 nitrogen and oxygen atoms in total. The highest BCUT2D eigenvalue weighted by Gasteiger charge is 2.50. The Morgan fingerprint density at radius 1 is 0.646 bits per heavy atom. The lowest BCUT2D eigenvalue weighted by Gasteiger charge is -2.44. The van der Waals surface area contributed by atoms with Gasteiger partial charge in [-0.1, -0.05) is 48.5 Å². The van der Waals surface area contributed by atoms with Crippen molar-refractivity contribution in [2.24, 2.45) is 35.7 Å². The molecular formula is C73H86ClN19O3. The quantitative estimate of drug-likeness (QED) is 0.151. The number of ether oxygens (including phenoxy) is 2. The first-order valence-corrected chi connectivity index (χ1v) is 34.3. The van der Waals surface area contributed by atoms with Gasteiger partial charge in [0.2, 0.25) is 0 Å². The highest BCUT2D eigenvalue weighted by molar-refractivity contribution is 6.11. The van der Waals surface area contributed by atoms with Gasteiger partial charge in [-0.3, -0.25) is 24.3 Å². The first kappa shape index (κ1) is 63.2. The van der Waals surface area contributed by atoms with E-state index in [1.54, 1.807) is 4.68 Å². The van der Waals surface area contributed by atoms with Crippen LogP contribution in [0.2, 0.25) is 0 Å². The van der Waals surface area contributed by atoms with Crippen molar-refractivity contribution in [2.45, 2.75) is 149 Å². The number of benzene rings is 2. The minimum absolute atomic E-state index is 0. The zero-order valence-electron chi connectivity index (χ0n) is 56.1. The highest BCUT2D eigenvalue weighted by Crippen LogP contribution is 2.54. The summed E-state index contributed by atoms with van der Waals surface area (Å²) in [7, 11) is 3.85. The minimum Gasteiger partial charge on any atom is -0.444 e. The van der Waals surface area contributed by atoms with Crippen LogP contribution in [0.15, 0.2) is 103 Å². The standard InChI is InChI=1S/C41H50N10O3.C32H35N9.ClH/c1-26-36(49-20-17-41(18-21-49)23-27-11-6-7-12-29(27)35(41)45-39(52)54-40(2,3)4)46-37-34(43-26)38(47-51(37)33-14-8-9-22-53-33)50-19-10-13-31-32(50)16-15-30(44-31)28-24-42-48(5)25-28;1-20-30(40-14-11-32(12-15-40)16-21-6-3-4-7-23(21)29(32)33)38-26-18-34-31(28(26)36-20)41-13-5-8-25-27(41)10-9-24(37-25)22-17-35-39(2)19-22;/h6-7,11-12,15-16,24-25,33,35H,8-10,13-14,17-23H2,1-5H3,(H,45,52);3-4,6-7,9-10,17,19,29H,5,8,11-16,18,33H2,1-2H3;1H/t33?,35-;29-;/m11./s1. The molecule has 3 saturated heterocycles. The van der Waals surface area contributed by atoms with E-state index in [2.05, 4.69) is 122 Å². The molecule has 9 aromatic rings. The Hall–Kier alpha value is -8.86. The van der Waals surface area contributed by atoms with Gasteiger partial charge < -0.3 is 40.1 Å². The molecule has 96 heavy (non-hydrogen) atoms. The van der Waals surface area contributed by atoms with Crippen LogP contribution in [-0.4, -0.2) is 123 Å². The summed E-state index contributed by atoms with van der Waals surface area (Å²) < 4.78 is 17.7. The van der Waals surface area contributed by atoms with Gasteiger partial charge in [-0.05, 0) is 170 Å². The van der Waals surface area contributed by atoms with Gasteiger partial charge in [-0.25, -0.2) is 29.4 Å². The van der Waals surface area contributed by atoms with Crippen molar-refractivity contribution < 1.29 is 14.3 Å². The Bertz CT molecular complexity index is 4470. The number of carbonyl (C=O) groups excluding carboxylic acids is 1. The maximum absolute atomic E-state index is 13.1. The van der Waals surface area contributed by atoms with Gasteiger partial charge in [0, 0.05) is 94.9 Å². The number of nitrogens with two attached hydrogens (primary N) is 1. The van der Waals surface area contributed by atoms with E-state index in [0.717, 1.165) is 225 Å². The number of pyridine rings is 2. The molecule has 6 aliphatic heterocycles. The third-order valence-electron chi connectivity index (χ3n) is 21.3. The smallest absolute Gasteiger partial charge is 0.408 e. The summed E-state index contributed by atoms with van der Waals surface area (Å²) in [6.45, 7) is 16.4. The largest absolute Gasteiger partial charge is 0.444 e. The second kappa shape index (κ2) is 25.0. The molecule has 3 N–H and O–H groups in total. The second-order valence-electron chi connectivity index (χ2n) is 28.6. The van der Waals surface area contributed by atoms with E-state index in [1.165, 1.54) is 22.3 Å². The van der Waals surface area contributed by atoms with Crippen molar-refractivity contribution in [2.75, 3.05) is 65.5 Å². The lowest BCUT2D eigenvalue weighted by molar-refractivity contribution is -0.0368. The highest BCUT2D eigenvalue weighted by atomic mass is 35.5. The summed E-state index contributed by atoms with van der Waals surface area (Å²) >= 11 is 0. The second-order valence-corrected chi connectivity index (χ2v) is 28.6. The van der Waals surface area contributed by atoms with E-state index in [1.807, 2.05) is 69.0 Å². The molecule has 13 heterocycles. The molecule has 498 valence electrons. The molecular weight excluding hydrogens is 1230 g/mol. The number of hydrogen-bond donors (Lipinski definition) is 2. The van der Waals surface area contributed by atoms with E-state index in [4.69, 9.17) is 55.2 Å². The molecule has 7 aromatic heterocycles. The van der Waals surface area contributed by atoms with Crippen molar-refractivity contribution in [3.63, 3.8) is 0 Å². The summed E-state index contributed by atoms with van der Waals surface area (Å²) in [5, 5.41) is 17.2. The minimum atomic E-state index is -0.569. The monoisotopic (exact) mass is 1310 g/mol. The van der Waals surface area contributed by atoms with Crippen LogP contribution in [0.3, 0.4) is 0 Å². The van der Waals surface area contributed by atoms with Crippen LogP contribution in [0.25, 0.3) is 33.7 Å². The molecule has 17 rings (SSSR count). The molecule has 2 aromatic carbocycles. The van der Waals surface area contributed by atoms with Gasteiger partial charge in [0.05, 0.1) is 76.2 Å². The number of halogens is 1. The van der Waals surface area contributed by atoms with Crippen LogP contribution in [-0.2, 0) is 55.8 Å². The number of nitrogens with one attached hydrogen (secondary N) is 1. The number of carbonyl (C=O) groups is 1. The number of aliphatic imine (C=N–C) groups is 1. The molecule has 8 aliphatic rings. The molecule has 3 fully saturated rings. The zero-order chi connectivity index (χ0) is 64.9. The molecule has 0 bridgehead atoms. The van der Waals surface area contributed by atoms with Crippen LogP contribution >= 0.6 is 12.4 Å². The molecule has 3 atom stereocenters. The molecule has 23 heteroatoms. The average molecular weight is 1310 g/mol. The number of amidine groups is 1. The summed E-state index contributed by atoms with van der Waals surface area (Å²) in [5.41, 5.74) is 25.1. The number of nitrogens with zero attached hydrogens (tertiary/aromatic N) is 17. The summed E-state index contributed by atoms with van der Waals surface area (Å²) in [5.74, 6) is 3.61. The third kappa shape index (κ3) is 11.5. The van der Waals surface area contributed by atoms with Gasteiger partial charge in [0.15, 0.2) is 34.9 Å². The number of aryl methyl sites for hydroxylation is 6. The first-order chi connectivity index (χ1) is 46.0. The molecule has 2 spiro atoms. The maximum atomic E-state index is 13.1. The van der Waals surface area contributed by atoms with Crippen LogP contribution < -0.4 is 30.7 Å². The first-order valence-electron chi connectivity index (χ1n) is 34.3. The van der Waals surface area contributed by atoms with Gasteiger partial charge in [-0.15, -0.1) is 17.5 Å². The predicted octanol–water partition coefficient (Wildman–Crippen LogP) is 11.7. The number of alkyl carbamates (subject to hydrolysis) is 1. The third-order valence-corrected chi connectivity index (χ3v) is 21.3. The van der Waals surface area contributed by atoms with Crippen LogP contribution in [0.1, 0.15) is 153 Å². The SMILES string of the molecule is Cc1nc2c(N3CCCc4nc(-c5cnn(C)c5)ccc43)nn(C3CCCCO3)c2nc1N1CCC2(CC1)Cc1ccccc1[C@H]2NC(=O)OC(C)(C)C.Cc1nc2c(nc1N1CCC3(CC1)Cc1ccccc1[C@H]3N)CN=C2N1CCCc2nc(-c3cnn(C)c3)ccc21.Cl. The Balaban J connectivity index is 0.000000161. The molecule has 0 saturated carbocycles. The van der Waals surface area contributed by atoms with E-state index < -0.39 is 5.60 Å². The number of aromatic nitrogens is 12. The summed E-state index contributed by atoms with van der Waals surface area (Å²) in [6.07, 6.45) is 20.0. The number of rotatable bonds is 7. The fourth-order valence-corrected chi connectivity index (χ4v) is 16.5.